The molecule has 1 aromatic rings. The second-order valence-electron chi connectivity index (χ2n) is 4.89. The van der Waals surface area contributed by atoms with Crippen LogP contribution in [0.2, 0.25) is 0 Å². The van der Waals surface area contributed by atoms with Crippen LogP contribution >= 0.6 is 0 Å². The van der Waals surface area contributed by atoms with Crippen molar-refractivity contribution in [1.29, 1.82) is 0 Å². The van der Waals surface area contributed by atoms with Crippen LogP contribution in [0.3, 0.4) is 0 Å². The van der Waals surface area contributed by atoms with Crippen molar-refractivity contribution in [1.82, 2.24) is 0 Å². The SMILES string of the molecule is CC(CC1CC1)Nc1ccc(CCO)cc1. The van der Waals surface area contributed by atoms with Crippen LogP contribution in [0.15, 0.2) is 24.3 Å². The van der Waals surface area contributed by atoms with Gasteiger partial charge in [0.05, 0.1) is 0 Å². The highest BCUT2D eigenvalue weighted by atomic mass is 16.2. The van der Waals surface area contributed by atoms with Gasteiger partial charge in [-0.25, -0.2) is 0 Å². The highest BCUT2D eigenvalue weighted by molar-refractivity contribution is 5.45. The van der Waals surface area contributed by atoms with Crippen molar-refractivity contribution in [2.24, 2.45) is 5.92 Å². The largest absolute Gasteiger partial charge is 0.396 e. The summed E-state index contributed by atoms with van der Waals surface area (Å²) >= 11 is 0. The smallest absolute Gasteiger partial charge is 0.0471 e. The Morgan fingerprint density at radius 1 is 1.31 bits per heavy atom. The standard InChI is InChI=1S/C14H21NO/c1-11(10-13-2-3-13)15-14-6-4-12(5-7-14)8-9-16/h4-7,11,13,15-16H,2-3,8-10H2,1H3. The maximum atomic E-state index is 8.82. The van der Waals surface area contributed by atoms with E-state index in [2.05, 4.69) is 36.5 Å². The van der Waals surface area contributed by atoms with Gasteiger partial charge in [0.15, 0.2) is 0 Å². The third kappa shape index (κ3) is 3.53. The van der Waals surface area contributed by atoms with Crippen LogP contribution in [-0.2, 0) is 6.42 Å². The first-order valence-electron chi connectivity index (χ1n) is 6.24. The minimum atomic E-state index is 0.227. The van der Waals surface area contributed by atoms with E-state index in [9.17, 15) is 0 Å². The van der Waals surface area contributed by atoms with Gasteiger partial charge in [-0.15, -0.1) is 0 Å². The zero-order valence-corrected chi connectivity index (χ0v) is 9.95. The molecule has 1 unspecified atom stereocenters. The summed E-state index contributed by atoms with van der Waals surface area (Å²) in [6.07, 6.45) is 4.87. The molecule has 1 aliphatic rings. The van der Waals surface area contributed by atoms with Gasteiger partial charge in [0, 0.05) is 18.3 Å². The number of anilines is 1. The molecule has 0 saturated heterocycles. The normalized spacial score (nSPS) is 17.1. The Morgan fingerprint density at radius 3 is 2.56 bits per heavy atom. The monoisotopic (exact) mass is 219 g/mol. The van der Waals surface area contributed by atoms with Crippen molar-refractivity contribution >= 4 is 5.69 Å². The molecule has 2 N–H and O–H groups in total. The van der Waals surface area contributed by atoms with Gasteiger partial charge in [0.25, 0.3) is 0 Å². The van der Waals surface area contributed by atoms with Crippen molar-refractivity contribution < 1.29 is 5.11 Å². The van der Waals surface area contributed by atoms with E-state index in [0.29, 0.717) is 6.04 Å². The molecule has 88 valence electrons. The quantitative estimate of drug-likeness (QED) is 0.771. The van der Waals surface area contributed by atoms with Crippen molar-refractivity contribution in [3.63, 3.8) is 0 Å². The van der Waals surface area contributed by atoms with Gasteiger partial charge in [0.1, 0.15) is 0 Å². The van der Waals surface area contributed by atoms with E-state index < -0.39 is 0 Å². The van der Waals surface area contributed by atoms with E-state index >= 15 is 0 Å². The molecule has 16 heavy (non-hydrogen) atoms. The molecule has 2 heteroatoms. The Hall–Kier alpha value is -1.02. The van der Waals surface area contributed by atoms with Crippen LogP contribution in [0.5, 0.6) is 0 Å². The summed E-state index contributed by atoms with van der Waals surface area (Å²) < 4.78 is 0. The lowest BCUT2D eigenvalue weighted by Gasteiger charge is -2.15. The molecular formula is C14H21NO. The van der Waals surface area contributed by atoms with Crippen LogP contribution in [-0.4, -0.2) is 17.8 Å². The second-order valence-corrected chi connectivity index (χ2v) is 4.89. The van der Waals surface area contributed by atoms with E-state index in [1.165, 1.54) is 30.5 Å². The molecule has 0 radical (unpaired) electrons. The Morgan fingerprint density at radius 2 is 2.00 bits per heavy atom. The van der Waals surface area contributed by atoms with E-state index in [-0.39, 0.29) is 6.61 Å². The molecule has 0 bridgehead atoms. The summed E-state index contributed by atoms with van der Waals surface area (Å²) in [5.74, 6) is 0.969. The molecule has 0 aliphatic heterocycles. The van der Waals surface area contributed by atoms with Crippen LogP contribution in [0.1, 0.15) is 31.7 Å². The van der Waals surface area contributed by atoms with E-state index in [1.54, 1.807) is 0 Å². The number of hydrogen-bond donors (Lipinski definition) is 2. The summed E-state index contributed by atoms with van der Waals surface area (Å²) in [6.45, 7) is 2.48. The van der Waals surface area contributed by atoms with Crippen molar-refractivity contribution in [3.8, 4) is 0 Å². The molecule has 1 atom stereocenters. The molecule has 1 aromatic carbocycles. The first-order valence-corrected chi connectivity index (χ1v) is 6.24. The van der Waals surface area contributed by atoms with Gasteiger partial charge in [-0.2, -0.15) is 0 Å². The number of nitrogens with one attached hydrogen (secondary N) is 1. The van der Waals surface area contributed by atoms with Gasteiger partial charge in [0.2, 0.25) is 0 Å². The summed E-state index contributed by atoms with van der Waals surface area (Å²) in [5, 5.41) is 12.3. The maximum absolute atomic E-state index is 8.82. The molecule has 0 amide bonds. The zero-order valence-electron chi connectivity index (χ0n) is 9.95. The summed E-state index contributed by atoms with van der Waals surface area (Å²) in [6, 6.07) is 8.95. The van der Waals surface area contributed by atoms with Crippen LogP contribution in [0, 0.1) is 5.92 Å². The van der Waals surface area contributed by atoms with Gasteiger partial charge in [-0.05, 0) is 43.4 Å². The molecule has 1 saturated carbocycles. The highest BCUT2D eigenvalue weighted by Gasteiger charge is 2.23. The summed E-state index contributed by atoms with van der Waals surface area (Å²) in [7, 11) is 0. The Bertz CT molecular complexity index is 316. The summed E-state index contributed by atoms with van der Waals surface area (Å²) in [4.78, 5) is 0. The average Bonchev–Trinajstić information content (AvgIpc) is 3.05. The molecule has 0 spiro atoms. The fourth-order valence-corrected chi connectivity index (χ4v) is 2.09. The number of benzene rings is 1. The number of hydrogen-bond acceptors (Lipinski definition) is 2. The molecule has 1 fully saturated rings. The number of rotatable bonds is 6. The predicted octanol–water partition coefficient (Wildman–Crippen LogP) is 2.82. The minimum absolute atomic E-state index is 0.227. The van der Waals surface area contributed by atoms with E-state index in [1.807, 2.05) is 0 Å². The number of aliphatic hydroxyl groups excluding tert-OH is 1. The third-order valence-electron chi connectivity index (χ3n) is 3.15. The topological polar surface area (TPSA) is 32.3 Å². The first kappa shape index (κ1) is 11.5. The highest BCUT2D eigenvalue weighted by Crippen LogP contribution is 2.34. The van der Waals surface area contributed by atoms with Crippen LogP contribution < -0.4 is 5.32 Å². The van der Waals surface area contributed by atoms with Gasteiger partial charge in [-0.3, -0.25) is 0 Å². The zero-order chi connectivity index (χ0) is 11.4. The van der Waals surface area contributed by atoms with Crippen molar-refractivity contribution in [3.05, 3.63) is 29.8 Å². The molecule has 2 nitrogen and oxygen atoms in total. The molecule has 0 heterocycles. The second kappa shape index (κ2) is 5.35. The van der Waals surface area contributed by atoms with E-state index in [0.717, 1.165) is 12.3 Å². The Kier molecular flexibility index (Phi) is 3.83. The first-order chi connectivity index (χ1) is 7.78. The van der Waals surface area contributed by atoms with Gasteiger partial charge < -0.3 is 10.4 Å². The molecule has 2 rings (SSSR count). The molecule has 1 aliphatic carbocycles. The van der Waals surface area contributed by atoms with Gasteiger partial charge in [-0.1, -0.05) is 25.0 Å². The van der Waals surface area contributed by atoms with E-state index in [4.69, 9.17) is 5.11 Å². The Balaban J connectivity index is 1.83. The lowest BCUT2D eigenvalue weighted by molar-refractivity contribution is 0.299. The minimum Gasteiger partial charge on any atom is -0.396 e. The predicted molar refractivity (Wildman–Crippen MR) is 67.7 cm³/mol. The van der Waals surface area contributed by atoms with Crippen LogP contribution in [0.4, 0.5) is 5.69 Å². The van der Waals surface area contributed by atoms with Crippen molar-refractivity contribution in [2.45, 2.75) is 38.6 Å². The maximum Gasteiger partial charge on any atom is 0.0471 e. The molecular weight excluding hydrogens is 198 g/mol. The lowest BCUT2D eigenvalue weighted by Crippen LogP contribution is -2.15. The Labute approximate surface area is 97.7 Å². The van der Waals surface area contributed by atoms with Gasteiger partial charge >= 0.3 is 0 Å². The fraction of sp³-hybridized carbons (Fsp3) is 0.571. The number of aliphatic hydroxyl groups is 1. The third-order valence-corrected chi connectivity index (χ3v) is 3.15. The fourth-order valence-electron chi connectivity index (χ4n) is 2.09. The van der Waals surface area contributed by atoms with Crippen LogP contribution in [0.25, 0.3) is 0 Å². The summed E-state index contributed by atoms with van der Waals surface area (Å²) in [5.41, 5.74) is 2.39. The average molecular weight is 219 g/mol. The molecule has 0 aromatic heterocycles. The van der Waals surface area contributed by atoms with Crippen molar-refractivity contribution in [2.75, 3.05) is 11.9 Å². The lowest BCUT2D eigenvalue weighted by atomic mass is 10.1.